The zero-order chi connectivity index (χ0) is 15.6. The van der Waals surface area contributed by atoms with Gasteiger partial charge in [-0.3, -0.25) is 9.78 Å². The summed E-state index contributed by atoms with van der Waals surface area (Å²) in [6.07, 6.45) is 5.08. The van der Waals surface area contributed by atoms with Gasteiger partial charge in [0.15, 0.2) is 0 Å². The van der Waals surface area contributed by atoms with E-state index in [9.17, 15) is 4.79 Å². The molecule has 1 aromatic heterocycles. The van der Waals surface area contributed by atoms with Gasteiger partial charge < -0.3 is 0 Å². The summed E-state index contributed by atoms with van der Waals surface area (Å²) >= 11 is 11.4. The number of hydrazone groups is 1. The third kappa shape index (κ3) is 3.63. The largest absolute Gasteiger partial charge is 0.273 e. The van der Waals surface area contributed by atoms with Gasteiger partial charge in [0, 0.05) is 18.0 Å². The van der Waals surface area contributed by atoms with E-state index in [2.05, 4.69) is 15.5 Å². The molecule has 1 heterocycles. The predicted octanol–water partition coefficient (Wildman–Crippen LogP) is 3.51. The number of nitrogens with one attached hydrogen (secondary N) is 1. The highest BCUT2D eigenvalue weighted by Gasteiger charge is 2.60. The number of allylic oxidation sites excluding steroid dienone is 1. The van der Waals surface area contributed by atoms with Crippen molar-refractivity contribution in [2.24, 2.45) is 22.4 Å². The van der Waals surface area contributed by atoms with Gasteiger partial charge in [0.1, 0.15) is 4.49 Å². The van der Waals surface area contributed by atoms with E-state index >= 15 is 0 Å². The van der Waals surface area contributed by atoms with E-state index in [-0.39, 0.29) is 27.6 Å². The summed E-state index contributed by atoms with van der Waals surface area (Å²) < 4.78 is 0.194. The van der Waals surface area contributed by atoms with Crippen LogP contribution in [0, 0.1) is 17.3 Å². The lowest BCUT2D eigenvalue weighted by atomic mass is 10.1. The molecule has 1 N–H and O–H groups in total. The summed E-state index contributed by atoms with van der Waals surface area (Å²) in [5.41, 5.74) is 4.11. The first-order valence-electron chi connectivity index (χ1n) is 6.61. The fraction of sp³-hybridized carbons (Fsp3) is 0.400. The second kappa shape index (κ2) is 6.16. The van der Waals surface area contributed by atoms with Crippen LogP contribution < -0.4 is 5.43 Å². The standard InChI is InChI=1S/C15H17Cl2N3O/c1-9(10-4-6-18-7-5-10)19-20-14(21)13-11(8-12(16)17)15(13,2)3/h4-8,11,13H,1-3H3,(H,20,21)/b19-9+. The lowest BCUT2D eigenvalue weighted by Crippen LogP contribution is -2.23. The van der Waals surface area contributed by atoms with Crippen LogP contribution in [0.5, 0.6) is 0 Å². The van der Waals surface area contributed by atoms with Crippen molar-refractivity contribution >= 4 is 34.8 Å². The quantitative estimate of drug-likeness (QED) is 0.680. The highest BCUT2D eigenvalue weighted by atomic mass is 35.5. The van der Waals surface area contributed by atoms with Gasteiger partial charge in [-0.25, -0.2) is 5.43 Å². The van der Waals surface area contributed by atoms with E-state index in [1.807, 2.05) is 32.9 Å². The second-order valence-electron chi connectivity index (χ2n) is 5.69. The van der Waals surface area contributed by atoms with Gasteiger partial charge in [0.2, 0.25) is 5.91 Å². The Morgan fingerprint density at radius 3 is 2.57 bits per heavy atom. The monoisotopic (exact) mass is 325 g/mol. The van der Waals surface area contributed by atoms with Gasteiger partial charge >= 0.3 is 0 Å². The molecule has 4 nitrogen and oxygen atoms in total. The van der Waals surface area contributed by atoms with Gasteiger partial charge in [-0.2, -0.15) is 5.10 Å². The van der Waals surface area contributed by atoms with Crippen LogP contribution in [0.15, 0.2) is 40.2 Å². The predicted molar refractivity (Wildman–Crippen MR) is 85.1 cm³/mol. The molecule has 1 fully saturated rings. The Hall–Kier alpha value is -1.39. The molecule has 1 aromatic rings. The molecule has 1 aliphatic rings. The van der Waals surface area contributed by atoms with E-state index in [1.165, 1.54) is 0 Å². The van der Waals surface area contributed by atoms with Crippen molar-refractivity contribution in [3.8, 4) is 0 Å². The second-order valence-corrected chi connectivity index (χ2v) is 6.70. The van der Waals surface area contributed by atoms with E-state index in [0.29, 0.717) is 0 Å². The Bertz CT molecular complexity index is 592. The van der Waals surface area contributed by atoms with Crippen LogP contribution in [-0.4, -0.2) is 16.6 Å². The number of carbonyl (C=O) groups is 1. The van der Waals surface area contributed by atoms with E-state index in [4.69, 9.17) is 23.2 Å². The number of amides is 1. The molecule has 0 radical (unpaired) electrons. The van der Waals surface area contributed by atoms with Gasteiger partial charge in [0.25, 0.3) is 0 Å². The minimum atomic E-state index is -0.168. The normalized spacial score (nSPS) is 23.4. The number of hydrogen-bond acceptors (Lipinski definition) is 3. The molecule has 2 atom stereocenters. The van der Waals surface area contributed by atoms with E-state index in [0.717, 1.165) is 11.3 Å². The maximum absolute atomic E-state index is 12.2. The van der Waals surface area contributed by atoms with E-state index < -0.39 is 0 Å². The first-order chi connectivity index (χ1) is 9.84. The average molecular weight is 326 g/mol. The highest BCUT2D eigenvalue weighted by Crippen LogP contribution is 2.59. The topological polar surface area (TPSA) is 54.4 Å². The molecule has 1 aliphatic carbocycles. The summed E-state index contributed by atoms with van der Waals surface area (Å²) in [6.45, 7) is 5.85. The smallest absolute Gasteiger partial charge is 0.244 e. The van der Waals surface area contributed by atoms with Crippen molar-refractivity contribution < 1.29 is 4.79 Å². The molecule has 1 saturated carbocycles. The maximum Gasteiger partial charge on any atom is 0.244 e. The Labute approximate surface area is 134 Å². The minimum Gasteiger partial charge on any atom is -0.273 e. The Kier molecular flexibility index (Phi) is 4.69. The molecule has 0 aliphatic heterocycles. The summed E-state index contributed by atoms with van der Waals surface area (Å²) in [5, 5.41) is 4.14. The molecule has 1 amide bonds. The lowest BCUT2D eigenvalue weighted by Gasteiger charge is -2.03. The molecule has 6 heteroatoms. The van der Waals surface area contributed by atoms with Crippen LogP contribution in [0.2, 0.25) is 0 Å². The number of rotatable bonds is 4. The Morgan fingerprint density at radius 1 is 1.38 bits per heavy atom. The summed E-state index contributed by atoms with van der Waals surface area (Å²) in [6, 6.07) is 3.68. The molecular formula is C15H17Cl2N3O. The van der Waals surface area contributed by atoms with Crippen LogP contribution in [0.1, 0.15) is 26.3 Å². The molecule has 0 bridgehead atoms. The van der Waals surface area contributed by atoms with Crippen molar-refractivity contribution in [3.63, 3.8) is 0 Å². The van der Waals surface area contributed by atoms with Gasteiger partial charge in [-0.15, -0.1) is 0 Å². The van der Waals surface area contributed by atoms with Gasteiger partial charge in [0.05, 0.1) is 11.6 Å². The van der Waals surface area contributed by atoms with Crippen LogP contribution in [0.3, 0.4) is 0 Å². The number of nitrogens with zero attached hydrogens (tertiary/aromatic N) is 2. The third-order valence-electron chi connectivity index (χ3n) is 3.93. The van der Waals surface area contributed by atoms with E-state index in [1.54, 1.807) is 18.5 Å². The number of aromatic nitrogens is 1. The SMILES string of the molecule is C/C(=N\NC(=O)C1C(C=C(Cl)Cl)C1(C)C)c1ccncc1. The number of carbonyl (C=O) groups excluding carboxylic acids is 1. The highest BCUT2D eigenvalue weighted by molar-refractivity contribution is 6.55. The molecular weight excluding hydrogens is 309 g/mol. The van der Waals surface area contributed by atoms with Crippen LogP contribution in [-0.2, 0) is 4.79 Å². The van der Waals surface area contributed by atoms with Gasteiger partial charge in [-0.05, 0) is 36.5 Å². The first kappa shape index (κ1) is 16.0. The Balaban J connectivity index is 2.02. The number of halogens is 2. The summed E-state index contributed by atoms with van der Waals surface area (Å²) in [7, 11) is 0. The van der Waals surface area contributed by atoms with Crippen molar-refractivity contribution in [2.75, 3.05) is 0 Å². The Morgan fingerprint density at radius 2 is 2.00 bits per heavy atom. The fourth-order valence-electron chi connectivity index (χ4n) is 2.49. The zero-order valence-electron chi connectivity index (χ0n) is 12.1. The molecule has 2 rings (SSSR count). The first-order valence-corrected chi connectivity index (χ1v) is 7.37. The third-order valence-corrected chi connectivity index (χ3v) is 4.18. The minimum absolute atomic E-state index is 0.0407. The van der Waals surface area contributed by atoms with Crippen molar-refractivity contribution in [3.05, 3.63) is 40.7 Å². The fourth-order valence-corrected chi connectivity index (χ4v) is 2.76. The number of hydrogen-bond donors (Lipinski definition) is 1. The van der Waals surface area contributed by atoms with Crippen molar-refractivity contribution in [1.82, 2.24) is 10.4 Å². The molecule has 112 valence electrons. The molecule has 0 saturated heterocycles. The van der Waals surface area contributed by atoms with Crippen LogP contribution >= 0.6 is 23.2 Å². The van der Waals surface area contributed by atoms with Gasteiger partial charge in [-0.1, -0.05) is 37.0 Å². The molecule has 2 unspecified atom stereocenters. The maximum atomic E-state index is 12.2. The summed E-state index contributed by atoms with van der Waals surface area (Å²) in [5.74, 6) is -0.248. The lowest BCUT2D eigenvalue weighted by molar-refractivity contribution is -0.123. The van der Waals surface area contributed by atoms with Crippen molar-refractivity contribution in [2.45, 2.75) is 20.8 Å². The summed E-state index contributed by atoms with van der Waals surface area (Å²) in [4.78, 5) is 16.1. The molecule has 21 heavy (non-hydrogen) atoms. The zero-order valence-corrected chi connectivity index (χ0v) is 13.6. The van der Waals surface area contributed by atoms with Crippen LogP contribution in [0.25, 0.3) is 0 Å². The van der Waals surface area contributed by atoms with Crippen LogP contribution in [0.4, 0.5) is 0 Å². The molecule has 0 aromatic carbocycles. The molecule has 0 spiro atoms. The van der Waals surface area contributed by atoms with Crippen molar-refractivity contribution in [1.29, 1.82) is 0 Å². The number of pyridine rings is 1. The average Bonchev–Trinajstić information content (AvgIpc) is 2.97.